The standard InChI is InChI=1S/C12H13N3OS/c1-2-16-10-6-4-3-5-8(10)12-15-9(7-17-12)11(13)14/h3-7H,2H2,1H3,(H3,13,14). The molecule has 3 N–H and O–H groups in total. The highest BCUT2D eigenvalue weighted by atomic mass is 32.1. The van der Waals surface area contributed by atoms with Crippen molar-refractivity contribution in [1.29, 1.82) is 5.41 Å². The quantitative estimate of drug-likeness (QED) is 0.644. The maximum atomic E-state index is 7.34. The van der Waals surface area contributed by atoms with Crippen LogP contribution in [0.5, 0.6) is 5.75 Å². The number of aromatic nitrogens is 1. The molecule has 1 aromatic heterocycles. The first-order valence-electron chi connectivity index (χ1n) is 5.24. The lowest BCUT2D eigenvalue weighted by molar-refractivity contribution is 0.341. The highest BCUT2D eigenvalue weighted by molar-refractivity contribution is 7.13. The molecule has 5 heteroatoms. The second-order valence-electron chi connectivity index (χ2n) is 3.38. The first-order chi connectivity index (χ1) is 8.22. The van der Waals surface area contributed by atoms with Crippen molar-refractivity contribution in [2.24, 2.45) is 5.73 Å². The summed E-state index contributed by atoms with van der Waals surface area (Å²) in [5, 5.41) is 9.93. The summed E-state index contributed by atoms with van der Waals surface area (Å²) in [7, 11) is 0. The van der Waals surface area contributed by atoms with E-state index in [-0.39, 0.29) is 5.84 Å². The highest BCUT2D eigenvalue weighted by Gasteiger charge is 2.10. The smallest absolute Gasteiger partial charge is 0.142 e. The highest BCUT2D eigenvalue weighted by Crippen LogP contribution is 2.31. The zero-order valence-corrected chi connectivity index (χ0v) is 10.3. The summed E-state index contributed by atoms with van der Waals surface area (Å²) in [6, 6.07) is 7.72. The molecule has 0 amide bonds. The Labute approximate surface area is 104 Å². The topological polar surface area (TPSA) is 72.0 Å². The van der Waals surface area contributed by atoms with E-state index in [0.29, 0.717) is 12.3 Å². The number of nitrogens with zero attached hydrogens (tertiary/aromatic N) is 1. The summed E-state index contributed by atoms with van der Waals surface area (Å²) in [4.78, 5) is 4.31. The van der Waals surface area contributed by atoms with Gasteiger partial charge in [-0.1, -0.05) is 12.1 Å². The Morgan fingerprint density at radius 1 is 1.47 bits per heavy atom. The number of hydrogen-bond donors (Lipinski definition) is 2. The van der Waals surface area contributed by atoms with E-state index >= 15 is 0 Å². The number of hydrogen-bond acceptors (Lipinski definition) is 4. The van der Waals surface area contributed by atoms with E-state index < -0.39 is 0 Å². The number of rotatable bonds is 4. The Morgan fingerprint density at radius 3 is 2.88 bits per heavy atom. The molecule has 0 spiro atoms. The van der Waals surface area contributed by atoms with Crippen molar-refractivity contribution >= 4 is 17.2 Å². The maximum Gasteiger partial charge on any atom is 0.142 e. The van der Waals surface area contributed by atoms with Gasteiger partial charge in [0.2, 0.25) is 0 Å². The molecule has 1 aromatic carbocycles. The molecule has 1 heterocycles. The number of nitrogens with two attached hydrogens (primary N) is 1. The fourth-order valence-corrected chi connectivity index (χ4v) is 2.30. The maximum absolute atomic E-state index is 7.34. The van der Waals surface area contributed by atoms with Gasteiger partial charge in [0.1, 0.15) is 22.3 Å². The molecule has 0 aliphatic heterocycles. The first-order valence-corrected chi connectivity index (χ1v) is 6.12. The van der Waals surface area contributed by atoms with Crippen molar-refractivity contribution in [2.75, 3.05) is 6.61 Å². The molecule has 2 aromatic rings. The summed E-state index contributed by atoms with van der Waals surface area (Å²) >= 11 is 1.46. The number of thiazole rings is 1. The van der Waals surface area contributed by atoms with Gasteiger partial charge in [-0.15, -0.1) is 11.3 Å². The summed E-state index contributed by atoms with van der Waals surface area (Å²) in [6.45, 7) is 2.56. The van der Waals surface area contributed by atoms with E-state index in [0.717, 1.165) is 16.3 Å². The SMILES string of the molecule is CCOc1ccccc1-c1nc(C(=N)N)cs1. The van der Waals surface area contributed by atoms with Crippen LogP contribution in [0, 0.1) is 5.41 Å². The minimum Gasteiger partial charge on any atom is -0.493 e. The van der Waals surface area contributed by atoms with Gasteiger partial charge in [-0.25, -0.2) is 4.98 Å². The van der Waals surface area contributed by atoms with E-state index in [1.165, 1.54) is 11.3 Å². The number of ether oxygens (including phenoxy) is 1. The van der Waals surface area contributed by atoms with Crippen molar-refractivity contribution in [3.8, 4) is 16.3 Å². The molecule has 0 atom stereocenters. The summed E-state index contributed by atoms with van der Waals surface area (Å²) in [5.74, 6) is 0.792. The van der Waals surface area contributed by atoms with Crippen molar-refractivity contribution in [3.63, 3.8) is 0 Å². The molecule has 0 fully saturated rings. The second-order valence-corrected chi connectivity index (χ2v) is 4.24. The Balaban J connectivity index is 2.41. The minimum atomic E-state index is -0.0126. The molecule has 88 valence electrons. The molecule has 0 saturated carbocycles. The van der Waals surface area contributed by atoms with E-state index in [2.05, 4.69) is 4.98 Å². The van der Waals surface area contributed by atoms with Crippen LogP contribution in [0.25, 0.3) is 10.6 Å². The molecular formula is C12H13N3OS. The van der Waals surface area contributed by atoms with E-state index in [9.17, 15) is 0 Å². The molecule has 17 heavy (non-hydrogen) atoms. The van der Waals surface area contributed by atoms with Crippen molar-refractivity contribution in [3.05, 3.63) is 35.3 Å². The lowest BCUT2D eigenvalue weighted by atomic mass is 10.2. The molecule has 0 unspecified atom stereocenters. The number of amidine groups is 1. The Morgan fingerprint density at radius 2 is 2.24 bits per heavy atom. The minimum absolute atomic E-state index is 0.0126. The number of nitrogens with one attached hydrogen (secondary N) is 1. The van der Waals surface area contributed by atoms with Gasteiger partial charge in [0.05, 0.1) is 12.2 Å². The van der Waals surface area contributed by atoms with Gasteiger partial charge in [-0.2, -0.15) is 0 Å². The van der Waals surface area contributed by atoms with Crippen LogP contribution in [0.4, 0.5) is 0 Å². The molecule has 0 aliphatic carbocycles. The predicted molar refractivity (Wildman–Crippen MR) is 69.7 cm³/mol. The van der Waals surface area contributed by atoms with Crippen molar-refractivity contribution in [2.45, 2.75) is 6.92 Å². The zero-order valence-electron chi connectivity index (χ0n) is 9.43. The van der Waals surface area contributed by atoms with Crippen LogP contribution in [0.2, 0.25) is 0 Å². The zero-order chi connectivity index (χ0) is 12.3. The van der Waals surface area contributed by atoms with Gasteiger partial charge < -0.3 is 10.5 Å². The van der Waals surface area contributed by atoms with Crippen LogP contribution in [-0.4, -0.2) is 17.4 Å². The molecule has 4 nitrogen and oxygen atoms in total. The average molecular weight is 247 g/mol. The largest absolute Gasteiger partial charge is 0.493 e. The van der Waals surface area contributed by atoms with E-state index in [1.807, 2.05) is 31.2 Å². The van der Waals surface area contributed by atoms with Gasteiger partial charge in [0, 0.05) is 5.38 Å². The Hall–Kier alpha value is -1.88. The van der Waals surface area contributed by atoms with Crippen molar-refractivity contribution in [1.82, 2.24) is 4.98 Å². The van der Waals surface area contributed by atoms with E-state index in [4.69, 9.17) is 15.9 Å². The van der Waals surface area contributed by atoms with Crippen LogP contribution in [0.15, 0.2) is 29.6 Å². The lowest BCUT2D eigenvalue weighted by Gasteiger charge is -2.07. The van der Waals surface area contributed by atoms with Gasteiger partial charge >= 0.3 is 0 Å². The molecule has 0 saturated heterocycles. The molecular weight excluding hydrogens is 234 g/mol. The summed E-state index contributed by atoms with van der Waals surface area (Å²) < 4.78 is 5.54. The molecule has 0 aliphatic rings. The lowest BCUT2D eigenvalue weighted by Crippen LogP contribution is -2.11. The van der Waals surface area contributed by atoms with Gasteiger partial charge in [0.25, 0.3) is 0 Å². The van der Waals surface area contributed by atoms with Gasteiger partial charge in [-0.3, -0.25) is 5.41 Å². The average Bonchev–Trinajstić information content (AvgIpc) is 2.79. The van der Waals surface area contributed by atoms with Crippen LogP contribution in [0.3, 0.4) is 0 Å². The summed E-state index contributed by atoms with van der Waals surface area (Å²) in [5.41, 5.74) is 6.85. The molecule has 2 rings (SSSR count). The predicted octanol–water partition coefficient (Wildman–Crippen LogP) is 2.49. The third-order valence-electron chi connectivity index (χ3n) is 2.20. The van der Waals surface area contributed by atoms with Crippen LogP contribution in [0.1, 0.15) is 12.6 Å². The number of benzene rings is 1. The monoisotopic (exact) mass is 247 g/mol. The molecule has 0 bridgehead atoms. The normalized spacial score (nSPS) is 10.2. The van der Waals surface area contributed by atoms with E-state index in [1.54, 1.807) is 5.38 Å². The first kappa shape index (κ1) is 11.6. The van der Waals surface area contributed by atoms with Crippen LogP contribution < -0.4 is 10.5 Å². The fourth-order valence-electron chi connectivity index (χ4n) is 1.45. The number of nitrogen functional groups attached to an aromatic ring is 1. The van der Waals surface area contributed by atoms with Crippen LogP contribution >= 0.6 is 11.3 Å². The molecule has 0 radical (unpaired) electrons. The number of para-hydroxylation sites is 1. The second kappa shape index (κ2) is 4.97. The van der Waals surface area contributed by atoms with Gasteiger partial charge in [-0.05, 0) is 19.1 Å². The third kappa shape index (κ3) is 2.45. The summed E-state index contributed by atoms with van der Waals surface area (Å²) in [6.07, 6.45) is 0. The third-order valence-corrected chi connectivity index (χ3v) is 3.07. The Kier molecular flexibility index (Phi) is 3.39. The van der Waals surface area contributed by atoms with Gasteiger partial charge in [0.15, 0.2) is 0 Å². The van der Waals surface area contributed by atoms with Crippen LogP contribution in [-0.2, 0) is 0 Å². The van der Waals surface area contributed by atoms with Crippen molar-refractivity contribution < 1.29 is 4.74 Å². The Bertz CT molecular complexity index is 536. The fraction of sp³-hybridized carbons (Fsp3) is 0.167.